The lowest BCUT2D eigenvalue weighted by atomic mass is 10.2. The fraction of sp³-hybridized carbons (Fsp3) is 0.250. The van der Waals surface area contributed by atoms with Gasteiger partial charge >= 0.3 is 0 Å². The first-order valence-corrected chi connectivity index (χ1v) is 9.19. The number of hydrogen-bond acceptors (Lipinski definition) is 2. The molecule has 2 heterocycles. The van der Waals surface area contributed by atoms with Crippen molar-refractivity contribution in [1.29, 1.82) is 0 Å². The second-order valence-electron chi connectivity index (χ2n) is 6.47. The lowest BCUT2D eigenvalue weighted by Gasteiger charge is -2.15. The van der Waals surface area contributed by atoms with Crippen molar-refractivity contribution in [2.75, 3.05) is 0 Å². The number of benzene rings is 2. The molecule has 25 heavy (non-hydrogen) atoms. The van der Waals surface area contributed by atoms with E-state index in [1.54, 1.807) is 0 Å². The third-order valence-corrected chi connectivity index (χ3v) is 5.90. The molecule has 0 amide bonds. The first kappa shape index (κ1) is 16.4. The van der Waals surface area contributed by atoms with Crippen LogP contribution in [-0.2, 0) is 13.1 Å². The Kier molecular flexibility index (Phi) is 4.13. The topological polar surface area (TPSA) is 43.0 Å². The molecule has 1 atom stereocenters. The second kappa shape index (κ2) is 6.32. The molecule has 0 aliphatic rings. The van der Waals surface area contributed by atoms with Gasteiger partial charge in [-0.1, -0.05) is 36.4 Å². The van der Waals surface area contributed by atoms with Crippen LogP contribution >= 0.6 is 15.9 Å². The molecule has 0 saturated heterocycles. The first-order valence-electron chi connectivity index (χ1n) is 8.40. The van der Waals surface area contributed by atoms with Crippen molar-refractivity contribution < 1.29 is 5.11 Å². The highest BCUT2D eigenvalue weighted by molar-refractivity contribution is 9.10. The predicted molar refractivity (Wildman–Crippen MR) is 105 cm³/mol. The number of aliphatic hydroxyl groups excluding tert-OH is 1. The van der Waals surface area contributed by atoms with Crippen LogP contribution in [0.3, 0.4) is 0 Å². The summed E-state index contributed by atoms with van der Waals surface area (Å²) in [5.41, 5.74) is 4.29. The van der Waals surface area contributed by atoms with Gasteiger partial charge in [0.2, 0.25) is 0 Å². The summed E-state index contributed by atoms with van der Waals surface area (Å²) in [7, 11) is 0. The number of hydrogen-bond donors (Lipinski definition) is 1. The Labute approximate surface area is 154 Å². The summed E-state index contributed by atoms with van der Waals surface area (Å²) in [6, 6.07) is 16.7. The number of para-hydroxylation sites is 2. The van der Waals surface area contributed by atoms with Crippen molar-refractivity contribution in [1.82, 2.24) is 14.3 Å². The van der Waals surface area contributed by atoms with E-state index in [0.717, 1.165) is 26.9 Å². The highest BCUT2D eigenvalue weighted by Crippen LogP contribution is 2.29. The normalized spacial score (nSPS) is 13.0. The van der Waals surface area contributed by atoms with E-state index >= 15 is 0 Å². The van der Waals surface area contributed by atoms with Gasteiger partial charge in [-0.15, -0.1) is 0 Å². The van der Waals surface area contributed by atoms with Crippen molar-refractivity contribution in [3.63, 3.8) is 0 Å². The molecule has 2 aromatic carbocycles. The third kappa shape index (κ3) is 2.77. The smallest absolute Gasteiger partial charge is 0.0914 e. The van der Waals surface area contributed by atoms with Crippen LogP contribution < -0.4 is 0 Å². The van der Waals surface area contributed by atoms with Gasteiger partial charge in [0.25, 0.3) is 0 Å². The van der Waals surface area contributed by atoms with Gasteiger partial charge in [-0.3, -0.25) is 4.68 Å². The summed E-state index contributed by atoms with van der Waals surface area (Å²) >= 11 is 3.55. The van der Waals surface area contributed by atoms with Gasteiger partial charge in [0, 0.05) is 27.5 Å². The molecule has 4 nitrogen and oxygen atoms in total. The second-order valence-corrected chi connectivity index (χ2v) is 7.26. The molecule has 0 aliphatic heterocycles. The molecule has 0 radical (unpaired) electrons. The third-order valence-electron chi connectivity index (χ3n) is 4.75. The Balaban J connectivity index is 1.71. The predicted octanol–water partition coefficient (Wildman–Crippen LogP) is 4.43. The highest BCUT2D eigenvalue weighted by atomic mass is 79.9. The zero-order valence-electron chi connectivity index (χ0n) is 14.3. The Bertz CT molecular complexity index is 1010. The summed E-state index contributed by atoms with van der Waals surface area (Å²) in [4.78, 5) is 0. The number of fused-ring (bicyclic) bond motifs is 3. The Morgan fingerprint density at radius 1 is 0.960 bits per heavy atom. The number of aromatic nitrogens is 3. The molecular weight excluding hydrogens is 378 g/mol. The summed E-state index contributed by atoms with van der Waals surface area (Å²) < 4.78 is 5.09. The summed E-state index contributed by atoms with van der Waals surface area (Å²) in [5, 5.41) is 17.7. The van der Waals surface area contributed by atoms with Gasteiger partial charge in [-0.25, -0.2) is 0 Å². The zero-order chi connectivity index (χ0) is 17.6. The molecule has 0 saturated carbocycles. The maximum Gasteiger partial charge on any atom is 0.0914 e. The van der Waals surface area contributed by atoms with Crippen LogP contribution in [-0.4, -0.2) is 25.6 Å². The summed E-state index contributed by atoms with van der Waals surface area (Å²) in [5.74, 6) is 0. The molecule has 0 aliphatic carbocycles. The molecular formula is C20H20BrN3O. The molecule has 0 unspecified atom stereocenters. The molecule has 1 N–H and O–H groups in total. The maximum absolute atomic E-state index is 10.7. The first-order chi connectivity index (χ1) is 12.1. The van der Waals surface area contributed by atoms with Crippen molar-refractivity contribution in [2.24, 2.45) is 0 Å². The average molecular weight is 398 g/mol. The van der Waals surface area contributed by atoms with Crippen LogP contribution in [0.4, 0.5) is 0 Å². The van der Waals surface area contributed by atoms with Crippen LogP contribution in [0.5, 0.6) is 0 Å². The van der Waals surface area contributed by atoms with Crippen LogP contribution in [0.1, 0.15) is 11.4 Å². The Hall–Kier alpha value is -2.11. The van der Waals surface area contributed by atoms with Crippen LogP contribution in [0.25, 0.3) is 21.8 Å². The zero-order valence-corrected chi connectivity index (χ0v) is 15.9. The van der Waals surface area contributed by atoms with Gasteiger partial charge in [0.15, 0.2) is 0 Å². The molecule has 4 rings (SSSR count). The monoisotopic (exact) mass is 397 g/mol. The molecule has 128 valence electrons. The minimum atomic E-state index is -0.524. The van der Waals surface area contributed by atoms with Gasteiger partial charge in [0.1, 0.15) is 0 Å². The van der Waals surface area contributed by atoms with Crippen molar-refractivity contribution in [2.45, 2.75) is 33.0 Å². The number of nitrogens with zero attached hydrogens (tertiary/aromatic N) is 3. The Morgan fingerprint density at radius 3 is 2.04 bits per heavy atom. The van der Waals surface area contributed by atoms with E-state index in [2.05, 4.69) is 62.0 Å². The van der Waals surface area contributed by atoms with E-state index in [1.165, 1.54) is 10.8 Å². The lowest BCUT2D eigenvalue weighted by molar-refractivity contribution is 0.132. The SMILES string of the molecule is Cc1nn(C[C@H](O)Cn2c3ccccc3c3ccccc32)c(C)c1Br. The van der Waals surface area contributed by atoms with Crippen LogP contribution in [0, 0.1) is 13.8 Å². The number of aliphatic hydroxyl groups is 1. The molecule has 0 fully saturated rings. The molecule has 4 aromatic rings. The number of rotatable bonds is 4. The minimum absolute atomic E-state index is 0.471. The van der Waals surface area contributed by atoms with E-state index in [0.29, 0.717) is 13.1 Å². The van der Waals surface area contributed by atoms with Crippen molar-refractivity contribution in [3.05, 3.63) is 64.4 Å². The largest absolute Gasteiger partial charge is 0.389 e. The molecule has 2 aromatic heterocycles. The average Bonchev–Trinajstić information content (AvgIpc) is 3.06. The summed E-state index contributed by atoms with van der Waals surface area (Å²) in [6.07, 6.45) is -0.524. The van der Waals surface area contributed by atoms with Crippen LogP contribution in [0.15, 0.2) is 53.0 Å². The van der Waals surface area contributed by atoms with Crippen molar-refractivity contribution >= 4 is 37.7 Å². The van der Waals surface area contributed by atoms with E-state index in [9.17, 15) is 5.11 Å². The standard InChI is InChI=1S/C20H20BrN3O/c1-13-20(21)14(2)24(22-13)12-15(25)11-23-18-9-5-3-7-16(18)17-8-4-6-10-19(17)23/h3-10,15,25H,11-12H2,1-2H3/t15-/m1/s1. The van der Waals surface area contributed by atoms with Gasteiger partial charge in [-0.2, -0.15) is 5.10 Å². The fourth-order valence-electron chi connectivity index (χ4n) is 3.52. The lowest BCUT2D eigenvalue weighted by Crippen LogP contribution is -2.23. The van der Waals surface area contributed by atoms with Gasteiger partial charge in [-0.05, 0) is 41.9 Å². The van der Waals surface area contributed by atoms with E-state index in [4.69, 9.17) is 0 Å². The van der Waals surface area contributed by atoms with Crippen LogP contribution in [0.2, 0.25) is 0 Å². The fourth-order valence-corrected chi connectivity index (χ4v) is 3.80. The summed E-state index contributed by atoms with van der Waals surface area (Å²) in [6.45, 7) is 4.98. The molecule has 5 heteroatoms. The Morgan fingerprint density at radius 2 is 1.52 bits per heavy atom. The van der Waals surface area contributed by atoms with Gasteiger partial charge in [0.05, 0.1) is 29.4 Å². The molecule has 0 bridgehead atoms. The van der Waals surface area contributed by atoms with Gasteiger partial charge < -0.3 is 9.67 Å². The van der Waals surface area contributed by atoms with E-state index < -0.39 is 6.10 Å². The van der Waals surface area contributed by atoms with Crippen molar-refractivity contribution in [3.8, 4) is 0 Å². The highest BCUT2D eigenvalue weighted by Gasteiger charge is 2.16. The maximum atomic E-state index is 10.7. The van der Waals surface area contributed by atoms with E-state index in [1.807, 2.05) is 30.7 Å². The molecule has 0 spiro atoms. The number of halogens is 1. The minimum Gasteiger partial charge on any atom is -0.389 e. The quantitative estimate of drug-likeness (QED) is 0.553. The van der Waals surface area contributed by atoms with E-state index in [-0.39, 0.29) is 0 Å². The number of aryl methyl sites for hydroxylation is 1.